The first-order valence-corrected chi connectivity index (χ1v) is 9.22. The molecule has 0 aliphatic carbocycles. The van der Waals surface area contributed by atoms with Crippen LogP contribution in [0.4, 0.5) is 5.82 Å². The number of anilines is 1. The van der Waals surface area contributed by atoms with Gasteiger partial charge in [0.05, 0.1) is 6.61 Å². The summed E-state index contributed by atoms with van der Waals surface area (Å²) in [5.41, 5.74) is 0.699. The molecule has 1 fully saturated rings. The minimum Gasteiger partial charge on any atom is -0.474 e. The molecule has 0 saturated carbocycles. The molecule has 0 bridgehead atoms. The molecular weight excluding hydrogens is 400 g/mol. The van der Waals surface area contributed by atoms with Crippen LogP contribution >= 0.6 is 15.9 Å². The maximum Gasteiger partial charge on any atom is 0.254 e. The van der Waals surface area contributed by atoms with Crippen LogP contribution in [0, 0.1) is 0 Å². The fraction of sp³-hybridized carbons (Fsp3) is 0.389. The van der Waals surface area contributed by atoms with Crippen LogP contribution in [-0.2, 0) is 4.74 Å². The molecule has 1 saturated heterocycles. The molecule has 0 radical (unpaired) electrons. The Morgan fingerprint density at radius 1 is 1.12 bits per heavy atom. The third-order valence-corrected chi connectivity index (χ3v) is 4.62. The Hall–Kier alpha value is -2.19. The van der Waals surface area contributed by atoms with Crippen LogP contribution in [0.2, 0.25) is 0 Å². The fourth-order valence-corrected chi connectivity index (χ4v) is 3.13. The Morgan fingerprint density at radius 3 is 2.58 bits per heavy atom. The lowest BCUT2D eigenvalue weighted by Crippen LogP contribution is -2.49. The number of piperazine rings is 1. The number of nitrogens with zero attached hydrogens (tertiary/aromatic N) is 4. The van der Waals surface area contributed by atoms with E-state index in [2.05, 4.69) is 31.0 Å². The van der Waals surface area contributed by atoms with Gasteiger partial charge in [0.2, 0.25) is 5.88 Å². The predicted molar refractivity (Wildman–Crippen MR) is 102 cm³/mol. The topological polar surface area (TPSA) is 67.8 Å². The van der Waals surface area contributed by atoms with Crippen LogP contribution in [-0.4, -0.2) is 67.5 Å². The number of rotatable bonds is 6. The van der Waals surface area contributed by atoms with Gasteiger partial charge in [0.1, 0.15) is 6.61 Å². The molecule has 3 rings (SSSR count). The zero-order chi connectivity index (χ0) is 18.4. The highest BCUT2D eigenvalue weighted by Crippen LogP contribution is 2.18. The summed E-state index contributed by atoms with van der Waals surface area (Å²) in [5, 5.41) is 8.30. The van der Waals surface area contributed by atoms with Gasteiger partial charge in [-0.25, -0.2) is 0 Å². The van der Waals surface area contributed by atoms with Crippen LogP contribution in [0.5, 0.6) is 5.88 Å². The first-order chi connectivity index (χ1) is 12.7. The number of benzene rings is 1. The highest BCUT2D eigenvalue weighted by atomic mass is 79.9. The SMILES string of the molecule is COCCOc1ccc(N2CCN(C(=O)c3cccc(Br)c3)CC2)nn1. The molecule has 2 heterocycles. The number of methoxy groups -OCH3 is 1. The monoisotopic (exact) mass is 420 g/mol. The van der Waals surface area contributed by atoms with Gasteiger partial charge in [-0.1, -0.05) is 22.0 Å². The number of ether oxygens (including phenoxy) is 2. The number of aromatic nitrogens is 2. The lowest BCUT2D eigenvalue weighted by atomic mass is 10.2. The Bertz CT molecular complexity index is 733. The Kier molecular flexibility index (Phi) is 6.40. The lowest BCUT2D eigenvalue weighted by Gasteiger charge is -2.35. The first-order valence-electron chi connectivity index (χ1n) is 8.42. The Balaban J connectivity index is 1.54. The molecule has 1 aliphatic heterocycles. The Morgan fingerprint density at radius 2 is 1.92 bits per heavy atom. The molecule has 7 nitrogen and oxygen atoms in total. The van der Waals surface area contributed by atoms with E-state index < -0.39 is 0 Å². The van der Waals surface area contributed by atoms with Gasteiger partial charge in [-0.15, -0.1) is 10.2 Å². The van der Waals surface area contributed by atoms with Crippen molar-refractivity contribution in [3.63, 3.8) is 0 Å². The van der Waals surface area contributed by atoms with Gasteiger partial charge in [-0.05, 0) is 24.3 Å². The predicted octanol–water partition coefficient (Wildman–Crippen LogP) is 2.23. The van der Waals surface area contributed by atoms with Crippen molar-refractivity contribution in [1.82, 2.24) is 15.1 Å². The van der Waals surface area contributed by atoms with Crippen molar-refractivity contribution in [2.45, 2.75) is 0 Å². The smallest absolute Gasteiger partial charge is 0.254 e. The molecule has 2 aromatic rings. The molecule has 0 spiro atoms. The summed E-state index contributed by atoms with van der Waals surface area (Å²) < 4.78 is 11.3. The van der Waals surface area contributed by atoms with Crippen molar-refractivity contribution in [3.05, 3.63) is 46.4 Å². The summed E-state index contributed by atoms with van der Waals surface area (Å²) in [4.78, 5) is 16.6. The van der Waals surface area contributed by atoms with Crippen molar-refractivity contribution < 1.29 is 14.3 Å². The quantitative estimate of drug-likeness (QED) is 0.667. The van der Waals surface area contributed by atoms with E-state index in [1.54, 1.807) is 13.2 Å². The molecule has 26 heavy (non-hydrogen) atoms. The molecule has 8 heteroatoms. The summed E-state index contributed by atoms with van der Waals surface area (Å²) in [6.07, 6.45) is 0. The van der Waals surface area contributed by atoms with E-state index in [0.717, 1.165) is 23.4 Å². The number of hydrogen-bond donors (Lipinski definition) is 0. The summed E-state index contributed by atoms with van der Waals surface area (Å²) >= 11 is 3.41. The number of carbonyl (C=O) groups excluding carboxylic acids is 1. The summed E-state index contributed by atoms with van der Waals surface area (Å²) in [7, 11) is 1.62. The second-order valence-corrected chi connectivity index (χ2v) is 6.78. The maximum absolute atomic E-state index is 12.6. The molecule has 0 atom stereocenters. The van der Waals surface area contributed by atoms with Gasteiger partial charge in [0.15, 0.2) is 5.82 Å². The third kappa shape index (κ3) is 4.70. The average molecular weight is 421 g/mol. The summed E-state index contributed by atoms with van der Waals surface area (Å²) in [6, 6.07) is 11.2. The van der Waals surface area contributed by atoms with E-state index in [0.29, 0.717) is 37.7 Å². The molecule has 1 aromatic heterocycles. The normalized spacial score (nSPS) is 14.4. The van der Waals surface area contributed by atoms with Gasteiger partial charge in [-0.3, -0.25) is 4.79 Å². The van der Waals surface area contributed by atoms with Gasteiger partial charge < -0.3 is 19.3 Å². The van der Waals surface area contributed by atoms with E-state index in [9.17, 15) is 4.79 Å². The second-order valence-electron chi connectivity index (χ2n) is 5.86. The van der Waals surface area contributed by atoms with Gasteiger partial charge in [-0.2, -0.15) is 0 Å². The van der Waals surface area contributed by atoms with Gasteiger partial charge >= 0.3 is 0 Å². The van der Waals surface area contributed by atoms with E-state index >= 15 is 0 Å². The van der Waals surface area contributed by atoms with Crippen molar-refractivity contribution in [1.29, 1.82) is 0 Å². The average Bonchev–Trinajstić information content (AvgIpc) is 2.68. The van der Waals surface area contributed by atoms with Crippen molar-refractivity contribution >= 4 is 27.7 Å². The maximum atomic E-state index is 12.6. The van der Waals surface area contributed by atoms with Crippen LogP contribution in [0.25, 0.3) is 0 Å². The van der Waals surface area contributed by atoms with E-state index in [4.69, 9.17) is 9.47 Å². The van der Waals surface area contributed by atoms with Crippen LogP contribution in [0.15, 0.2) is 40.9 Å². The summed E-state index contributed by atoms with van der Waals surface area (Å²) in [6.45, 7) is 3.70. The zero-order valence-electron chi connectivity index (χ0n) is 14.6. The van der Waals surface area contributed by atoms with Crippen molar-refractivity contribution in [2.24, 2.45) is 0 Å². The number of hydrogen-bond acceptors (Lipinski definition) is 6. The zero-order valence-corrected chi connectivity index (χ0v) is 16.2. The Labute approximate surface area is 161 Å². The lowest BCUT2D eigenvalue weighted by molar-refractivity contribution is 0.0746. The molecule has 1 aromatic carbocycles. The molecule has 1 amide bonds. The first kappa shape index (κ1) is 18.6. The molecule has 138 valence electrons. The number of halogens is 1. The van der Waals surface area contributed by atoms with Crippen LogP contribution < -0.4 is 9.64 Å². The second kappa shape index (κ2) is 8.95. The van der Waals surface area contributed by atoms with Crippen LogP contribution in [0.1, 0.15) is 10.4 Å². The number of carbonyl (C=O) groups is 1. The van der Waals surface area contributed by atoms with Crippen molar-refractivity contribution in [3.8, 4) is 5.88 Å². The van der Waals surface area contributed by atoms with Gasteiger partial charge in [0, 0.05) is 49.4 Å². The highest BCUT2D eigenvalue weighted by molar-refractivity contribution is 9.10. The fourth-order valence-electron chi connectivity index (χ4n) is 2.73. The minimum atomic E-state index is 0.0546. The molecular formula is C18H21BrN4O3. The van der Waals surface area contributed by atoms with E-state index in [1.807, 2.05) is 35.2 Å². The molecule has 1 aliphatic rings. The molecule has 0 N–H and O–H groups in total. The largest absolute Gasteiger partial charge is 0.474 e. The summed E-state index contributed by atoms with van der Waals surface area (Å²) in [5.74, 6) is 1.33. The number of amides is 1. The third-order valence-electron chi connectivity index (χ3n) is 4.13. The minimum absolute atomic E-state index is 0.0546. The van der Waals surface area contributed by atoms with E-state index in [1.165, 1.54) is 0 Å². The molecule has 0 unspecified atom stereocenters. The standard InChI is InChI=1S/C18H21BrN4O3/c1-25-11-12-26-17-6-5-16(20-21-17)22-7-9-23(10-8-22)18(24)14-3-2-4-15(19)13-14/h2-6,13H,7-12H2,1H3. The van der Waals surface area contributed by atoms with Crippen molar-refractivity contribution in [2.75, 3.05) is 51.4 Å². The van der Waals surface area contributed by atoms with Crippen LogP contribution in [0.3, 0.4) is 0 Å². The highest BCUT2D eigenvalue weighted by Gasteiger charge is 2.23. The van der Waals surface area contributed by atoms with Gasteiger partial charge in [0.25, 0.3) is 5.91 Å². The van der Waals surface area contributed by atoms with E-state index in [-0.39, 0.29) is 5.91 Å².